The van der Waals surface area contributed by atoms with E-state index in [0.29, 0.717) is 39.3 Å². The molecular formula is C21H19N3O5S2. The fourth-order valence-electron chi connectivity index (χ4n) is 3.66. The summed E-state index contributed by atoms with van der Waals surface area (Å²) in [5.41, 5.74) is 2.60. The van der Waals surface area contributed by atoms with Gasteiger partial charge >= 0.3 is 6.03 Å². The Hall–Kier alpha value is -3.24. The number of urea groups is 1. The van der Waals surface area contributed by atoms with E-state index in [9.17, 15) is 13.2 Å². The van der Waals surface area contributed by atoms with Gasteiger partial charge in [-0.15, -0.1) is 11.3 Å². The number of hydrogen-bond donors (Lipinski definition) is 2. The van der Waals surface area contributed by atoms with Crippen LogP contribution >= 0.6 is 11.3 Å². The molecule has 2 aromatic carbocycles. The summed E-state index contributed by atoms with van der Waals surface area (Å²) in [6.45, 7) is 0.561. The predicted molar refractivity (Wildman–Crippen MR) is 119 cm³/mol. The number of carbonyl (C=O) groups is 1. The lowest BCUT2D eigenvalue weighted by atomic mass is 10.0. The molecule has 5 rings (SSSR count). The van der Waals surface area contributed by atoms with Crippen LogP contribution < -0.4 is 24.4 Å². The van der Waals surface area contributed by atoms with Gasteiger partial charge in [-0.2, -0.15) is 0 Å². The van der Waals surface area contributed by atoms with E-state index in [-0.39, 0.29) is 6.79 Å². The van der Waals surface area contributed by atoms with Gasteiger partial charge in [0.15, 0.2) is 11.5 Å². The number of rotatable bonds is 4. The second-order valence-corrected chi connectivity index (χ2v) is 10.1. The van der Waals surface area contributed by atoms with Crippen LogP contribution in [0.15, 0.2) is 58.1 Å². The van der Waals surface area contributed by atoms with Crippen molar-refractivity contribution in [1.82, 2.24) is 0 Å². The fraction of sp³-hybridized carbons (Fsp3) is 0.190. The number of hydrogen-bond acceptors (Lipinski definition) is 6. The first kappa shape index (κ1) is 19.7. The number of amides is 2. The molecule has 0 bridgehead atoms. The van der Waals surface area contributed by atoms with E-state index in [2.05, 4.69) is 10.6 Å². The number of sulfonamides is 1. The first-order valence-electron chi connectivity index (χ1n) is 9.67. The number of fused-ring (bicyclic) bond motifs is 2. The third kappa shape index (κ3) is 3.79. The Balaban J connectivity index is 1.36. The van der Waals surface area contributed by atoms with Crippen molar-refractivity contribution in [2.45, 2.75) is 17.1 Å². The third-order valence-corrected chi connectivity index (χ3v) is 8.28. The molecule has 8 nitrogen and oxygen atoms in total. The summed E-state index contributed by atoms with van der Waals surface area (Å²) in [4.78, 5) is 12.5. The SMILES string of the molecule is O=C(Nc1ccc2c(c1)OCO2)Nc1ccc2c(c1)N(S(=O)(=O)c1cccs1)CCC2. The fourth-order valence-corrected chi connectivity index (χ4v) is 6.29. The van der Waals surface area contributed by atoms with Crippen LogP contribution in [0.4, 0.5) is 21.9 Å². The Morgan fingerprint density at radius 3 is 2.58 bits per heavy atom. The lowest BCUT2D eigenvalue weighted by Gasteiger charge is -2.30. The number of ether oxygens (including phenoxy) is 2. The average Bonchev–Trinajstić information content (AvgIpc) is 3.45. The van der Waals surface area contributed by atoms with E-state index >= 15 is 0 Å². The van der Waals surface area contributed by atoms with Gasteiger partial charge in [0.2, 0.25) is 6.79 Å². The number of nitrogens with zero attached hydrogens (tertiary/aromatic N) is 1. The van der Waals surface area contributed by atoms with Crippen LogP contribution in [0, 0.1) is 0 Å². The summed E-state index contributed by atoms with van der Waals surface area (Å²) >= 11 is 1.19. The Kier molecular flexibility index (Phi) is 4.95. The standard InChI is InChI=1S/C21H19N3O5S2/c25-21(23-16-7-8-18-19(12-16)29-13-28-18)22-15-6-5-14-3-1-9-24(17(14)11-15)31(26,27)20-4-2-10-30-20/h2,4-8,10-12H,1,3,9,13H2,(H2,22,23,25). The Labute approximate surface area is 183 Å². The first-order valence-corrected chi connectivity index (χ1v) is 12.0. The van der Waals surface area contributed by atoms with Crippen LogP contribution in [0.3, 0.4) is 0 Å². The molecule has 0 atom stereocenters. The number of nitrogens with one attached hydrogen (secondary N) is 2. The summed E-state index contributed by atoms with van der Waals surface area (Å²) < 4.78 is 38.5. The molecule has 2 N–H and O–H groups in total. The van der Waals surface area contributed by atoms with Crippen molar-refractivity contribution in [3.8, 4) is 11.5 Å². The number of thiophene rings is 1. The second-order valence-electron chi connectivity index (χ2n) is 7.10. The molecule has 0 aliphatic carbocycles. The van der Waals surface area contributed by atoms with Crippen molar-refractivity contribution in [3.63, 3.8) is 0 Å². The van der Waals surface area contributed by atoms with Gasteiger partial charge in [0.05, 0.1) is 5.69 Å². The highest BCUT2D eigenvalue weighted by molar-refractivity contribution is 7.94. The van der Waals surface area contributed by atoms with Crippen molar-refractivity contribution in [2.75, 3.05) is 28.3 Å². The van der Waals surface area contributed by atoms with Crippen molar-refractivity contribution >= 4 is 44.5 Å². The van der Waals surface area contributed by atoms with E-state index in [0.717, 1.165) is 18.4 Å². The molecule has 3 aromatic rings. The molecule has 0 saturated heterocycles. The third-order valence-electron chi connectivity index (χ3n) is 5.09. The highest BCUT2D eigenvalue weighted by Crippen LogP contribution is 2.36. The van der Waals surface area contributed by atoms with Gasteiger partial charge in [-0.3, -0.25) is 4.31 Å². The molecule has 1 aromatic heterocycles. The van der Waals surface area contributed by atoms with E-state index in [4.69, 9.17) is 9.47 Å². The maximum atomic E-state index is 13.1. The maximum Gasteiger partial charge on any atom is 0.323 e. The molecule has 0 radical (unpaired) electrons. The van der Waals surface area contributed by atoms with Gasteiger partial charge in [-0.05, 0) is 54.1 Å². The largest absolute Gasteiger partial charge is 0.454 e. The monoisotopic (exact) mass is 457 g/mol. The summed E-state index contributed by atoms with van der Waals surface area (Å²) in [6.07, 6.45) is 1.53. The van der Waals surface area contributed by atoms with Crippen molar-refractivity contribution in [1.29, 1.82) is 0 Å². The zero-order chi connectivity index (χ0) is 21.4. The van der Waals surface area contributed by atoms with Crippen molar-refractivity contribution < 1.29 is 22.7 Å². The van der Waals surface area contributed by atoms with Crippen LogP contribution in [0.2, 0.25) is 0 Å². The number of aryl methyl sites for hydroxylation is 1. The zero-order valence-electron chi connectivity index (χ0n) is 16.3. The normalized spacial score (nSPS) is 14.8. The Morgan fingerprint density at radius 1 is 1.00 bits per heavy atom. The van der Waals surface area contributed by atoms with Crippen LogP contribution in [-0.2, 0) is 16.4 Å². The minimum Gasteiger partial charge on any atom is -0.454 e. The van der Waals surface area contributed by atoms with E-state index < -0.39 is 16.1 Å². The summed E-state index contributed by atoms with van der Waals surface area (Å²) in [7, 11) is -3.63. The molecule has 2 aliphatic rings. The van der Waals surface area contributed by atoms with Gasteiger partial charge in [0.25, 0.3) is 10.0 Å². The van der Waals surface area contributed by atoms with Crippen molar-refractivity contribution in [2.24, 2.45) is 0 Å². The first-order chi connectivity index (χ1) is 15.0. The molecule has 0 fully saturated rings. The van der Waals surface area contributed by atoms with E-state index in [1.54, 1.807) is 47.8 Å². The highest BCUT2D eigenvalue weighted by Gasteiger charge is 2.30. The molecule has 0 saturated carbocycles. The molecule has 31 heavy (non-hydrogen) atoms. The van der Waals surface area contributed by atoms with Gasteiger partial charge in [-0.25, -0.2) is 13.2 Å². The van der Waals surface area contributed by atoms with E-state index in [1.807, 2.05) is 6.07 Å². The quantitative estimate of drug-likeness (QED) is 0.610. The minimum atomic E-state index is -3.63. The zero-order valence-corrected chi connectivity index (χ0v) is 18.0. The van der Waals surface area contributed by atoms with Crippen LogP contribution in [-0.4, -0.2) is 27.8 Å². The summed E-state index contributed by atoms with van der Waals surface area (Å²) in [6, 6.07) is 13.4. The lowest BCUT2D eigenvalue weighted by molar-refractivity contribution is 0.174. The number of carbonyl (C=O) groups excluding carboxylic acids is 1. The van der Waals surface area contributed by atoms with Crippen LogP contribution in [0.1, 0.15) is 12.0 Å². The molecule has 160 valence electrons. The molecular weight excluding hydrogens is 438 g/mol. The Bertz CT molecular complexity index is 1240. The minimum absolute atomic E-state index is 0.158. The predicted octanol–water partition coefficient (Wildman–Crippen LogP) is 4.26. The Morgan fingerprint density at radius 2 is 1.77 bits per heavy atom. The molecule has 2 aliphatic heterocycles. The maximum absolute atomic E-state index is 13.1. The summed E-state index contributed by atoms with van der Waals surface area (Å²) in [5, 5.41) is 7.27. The molecule has 0 spiro atoms. The summed E-state index contributed by atoms with van der Waals surface area (Å²) in [5.74, 6) is 1.20. The van der Waals surface area contributed by atoms with Gasteiger partial charge in [0.1, 0.15) is 4.21 Å². The second kappa shape index (κ2) is 7.78. The van der Waals surface area contributed by atoms with Gasteiger partial charge < -0.3 is 20.1 Å². The molecule has 3 heterocycles. The van der Waals surface area contributed by atoms with Crippen LogP contribution in [0.25, 0.3) is 0 Å². The molecule has 2 amide bonds. The smallest absolute Gasteiger partial charge is 0.323 e. The van der Waals surface area contributed by atoms with Gasteiger partial charge in [-0.1, -0.05) is 12.1 Å². The van der Waals surface area contributed by atoms with Crippen molar-refractivity contribution in [3.05, 3.63) is 59.5 Å². The lowest BCUT2D eigenvalue weighted by Crippen LogP contribution is -2.35. The number of benzene rings is 2. The molecule has 0 unspecified atom stereocenters. The molecule has 10 heteroatoms. The highest BCUT2D eigenvalue weighted by atomic mass is 32.2. The topological polar surface area (TPSA) is 97.0 Å². The van der Waals surface area contributed by atoms with E-state index in [1.165, 1.54) is 15.6 Å². The van der Waals surface area contributed by atoms with Gasteiger partial charge in [0, 0.05) is 24.0 Å². The average molecular weight is 458 g/mol. The number of anilines is 3. The van der Waals surface area contributed by atoms with Crippen LogP contribution in [0.5, 0.6) is 11.5 Å².